The van der Waals surface area contributed by atoms with Gasteiger partial charge in [-0.3, -0.25) is 9.40 Å². The van der Waals surface area contributed by atoms with Gasteiger partial charge in [-0.2, -0.15) is 5.10 Å². The fourth-order valence-corrected chi connectivity index (χ4v) is 4.80. The molecule has 2 aliphatic carbocycles. The van der Waals surface area contributed by atoms with E-state index in [0.717, 1.165) is 55.9 Å². The van der Waals surface area contributed by atoms with E-state index in [9.17, 15) is 4.79 Å². The summed E-state index contributed by atoms with van der Waals surface area (Å²) in [7, 11) is 4.15. The maximum atomic E-state index is 12.6. The molecule has 0 fully saturated rings. The predicted molar refractivity (Wildman–Crippen MR) is 114 cm³/mol. The normalized spacial score (nSPS) is 15.0. The minimum atomic E-state index is -0.165. The number of aromatic nitrogens is 2. The number of hydrogen-bond donors (Lipinski definition) is 2. The van der Waals surface area contributed by atoms with Crippen LogP contribution in [0.5, 0.6) is 0 Å². The SMILES string of the molecule is CN(C)CCCn1ccc(SNC(=O)Nc2c3c(cc4c2CCC4)CCC3)n1. The number of hydrogen-bond acceptors (Lipinski definition) is 4. The van der Waals surface area contributed by atoms with Gasteiger partial charge in [0.15, 0.2) is 0 Å². The predicted octanol–water partition coefficient (Wildman–Crippen LogP) is 3.64. The van der Waals surface area contributed by atoms with Crippen LogP contribution in [0.2, 0.25) is 0 Å². The van der Waals surface area contributed by atoms with Crippen LogP contribution in [0.25, 0.3) is 0 Å². The lowest BCUT2D eigenvalue weighted by Gasteiger charge is -2.16. The van der Waals surface area contributed by atoms with E-state index in [2.05, 4.69) is 40.2 Å². The zero-order chi connectivity index (χ0) is 19.5. The molecule has 0 spiro atoms. The summed E-state index contributed by atoms with van der Waals surface area (Å²) in [5.74, 6) is 0. The monoisotopic (exact) mass is 399 g/mol. The van der Waals surface area contributed by atoms with Crippen LogP contribution < -0.4 is 10.0 Å². The lowest BCUT2D eigenvalue weighted by Crippen LogP contribution is -2.24. The Morgan fingerprint density at radius 3 is 2.57 bits per heavy atom. The van der Waals surface area contributed by atoms with Gasteiger partial charge >= 0.3 is 6.03 Å². The number of carbonyl (C=O) groups excluding carboxylic acids is 1. The Hall–Kier alpha value is -1.99. The summed E-state index contributed by atoms with van der Waals surface area (Å²) in [6.45, 7) is 1.92. The summed E-state index contributed by atoms with van der Waals surface area (Å²) in [6.07, 6.45) is 9.82. The van der Waals surface area contributed by atoms with Crippen molar-refractivity contribution < 1.29 is 4.79 Å². The van der Waals surface area contributed by atoms with Crippen molar-refractivity contribution in [3.05, 3.63) is 40.6 Å². The van der Waals surface area contributed by atoms with E-state index in [1.165, 1.54) is 47.0 Å². The molecule has 1 heterocycles. The van der Waals surface area contributed by atoms with Crippen molar-refractivity contribution >= 4 is 23.7 Å². The number of urea groups is 1. The van der Waals surface area contributed by atoms with E-state index in [0.29, 0.717) is 0 Å². The van der Waals surface area contributed by atoms with E-state index in [4.69, 9.17) is 0 Å². The second-order valence-electron chi connectivity index (χ2n) is 7.97. The Morgan fingerprint density at radius 1 is 1.18 bits per heavy atom. The molecular formula is C21H29N5OS. The molecule has 0 radical (unpaired) electrons. The van der Waals surface area contributed by atoms with Crippen LogP contribution in [-0.4, -0.2) is 41.4 Å². The number of anilines is 1. The molecule has 2 aromatic rings. The minimum absolute atomic E-state index is 0.165. The standard InChI is InChI=1S/C21H29N5OS/c1-25(2)11-5-12-26-13-10-19(23-26)28-24-21(27)22-20-17-8-3-6-15(17)14-16-7-4-9-18(16)20/h10,13-14H,3-9,11-12H2,1-2H3,(H2,22,24,27). The van der Waals surface area contributed by atoms with Crippen LogP contribution in [0.1, 0.15) is 41.5 Å². The first kappa shape index (κ1) is 19.3. The summed E-state index contributed by atoms with van der Waals surface area (Å²) in [4.78, 5) is 14.7. The Balaban J connectivity index is 1.34. The summed E-state index contributed by atoms with van der Waals surface area (Å²) in [5, 5.41) is 8.48. The van der Waals surface area contributed by atoms with E-state index in [1.807, 2.05) is 16.9 Å². The van der Waals surface area contributed by atoms with Crippen molar-refractivity contribution in [3.8, 4) is 0 Å². The lowest BCUT2D eigenvalue weighted by molar-refractivity contribution is 0.257. The van der Waals surface area contributed by atoms with Gasteiger partial charge in [-0.05, 0) is 93.9 Å². The van der Waals surface area contributed by atoms with Crippen LogP contribution in [0.3, 0.4) is 0 Å². The Labute approximate surface area is 171 Å². The van der Waals surface area contributed by atoms with Crippen LogP contribution in [0.15, 0.2) is 23.4 Å². The Morgan fingerprint density at radius 2 is 1.89 bits per heavy atom. The molecule has 0 saturated heterocycles. The molecule has 6 nitrogen and oxygen atoms in total. The van der Waals surface area contributed by atoms with Crippen molar-refractivity contribution in [1.29, 1.82) is 0 Å². The van der Waals surface area contributed by atoms with Crippen molar-refractivity contribution in [2.24, 2.45) is 0 Å². The van der Waals surface area contributed by atoms with Gasteiger partial charge in [0.2, 0.25) is 0 Å². The summed E-state index contributed by atoms with van der Waals surface area (Å²) in [6, 6.07) is 4.16. The first-order valence-electron chi connectivity index (χ1n) is 10.2. The fourth-order valence-electron chi connectivity index (χ4n) is 4.28. The molecule has 0 atom stereocenters. The highest BCUT2D eigenvalue weighted by molar-refractivity contribution is 7.97. The number of nitrogens with one attached hydrogen (secondary N) is 2. The zero-order valence-electron chi connectivity index (χ0n) is 16.8. The molecule has 0 aliphatic heterocycles. The van der Waals surface area contributed by atoms with Crippen LogP contribution in [0, 0.1) is 0 Å². The third-order valence-corrected chi connectivity index (χ3v) is 6.28. The molecule has 4 rings (SSSR count). The topological polar surface area (TPSA) is 62.2 Å². The van der Waals surface area contributed by atoms with Crippen molar-refractivity contribution in [2.45, 2.75) is 56.5 Å². The van der Waals surface area contributed by atoms with Crippen molar-refractivity contribution in [3.63, 3.8) is 0 Å². The molecule has 2 N–H and O–H groups in total. The maximum absolute atomic E-state index is 12.6. The Kier molecular flexibility index (Phi) is 5.92. The molecule has 28 heavy (non-hydrogen) atoms. The average molecular weight is 400 g/mol. The lowest BCUT2D eigenvalue weighted by atomic mass is 9.99. The number of aryl methyl sites for hydroxylation is 3. The number of nitrogens with zero attached hydrogens (tertiary/aromatic N) is 3. The third kappa shape index (κ3) is 4.36. The van der Waals surface area contributed by atoms with E-state index < -0.39 is 0 Å². The molecule has 2 amide bonds. The van der Waals surface area contributed by atoms with Crippen LogP contribution in [-0.2, 0) is 32.2 Å². The van der Waals surface area contributed by atoms with Gasteiger partial charge < -0.3 is 10.2 Å². The first-order chi connectivity index (χ1) is 13.6. The maximum Gasteiger partial charge on any atom is 0.329 e. The fraction of sp³-hybridized carbons (Fsp3) is 0.524. The van der Waals surface area contributed by atoms with E-state index in [-0.39, 0.29) is 6.03 Å². The molecule has 1 aromatic heterocycles. The Bertz CT molecular complexity index is 828. The number of amides is 2. The first-order valence-corrected chi connectivity index (χ1v) is 11.0. The molecule has 150 valence electrons. The highest BCUT2D eigenvalue weighted by Gasteiger charge is 2.25. The van der Waals surface area contributed by atoms with Crippen LogP contribution >= 0.6 is 11.9 Å². The van der Waals surface area contributed by atoms with E-state index in [1.54, 1.807) is 0 Å². The molecule has 7 heteroatoms. The van der Waals surface area contributed by atoms with Gasteiger partial charge in [0, 0.05) is 30.4 Å². The van der Waals surface area contributed by atoms with Crippen LogP contribution in [0.4, 0.5) is 10.5 Å². The highest BCUT2D eigenvalue weighted by atomic mass is 32.2. The minimum Gasteiger partial charge on any atom is -0.309 e. The number of rotatable bonds is 7. The van der Waals surface area contributed by atoms with Gasteiger partial charge in [0.25, 0.3) is 0 Å². The van der Waals surface area contributed by atoms with Gasteiger partial charge in [-0.1, -0.05) is 6.07 Å². The zero-order valence-corrected chi connectivity index (χ0v) is 17.6. The van der Waals surface area contributed by atoms with Gasteiger partial charge in [0.05, 0.1) is 0 Å². The second kappa shape index (κ2) is 8.57. The molecule has 0 bridgehead atoms. The summed E-state index contributed by atoms with van der Waals surface area (Å²) < 4.78 is 4.83. The molecular weight excluding hydrogens is 370 g/mol. The second-order valence-corrected chi connectivity index (χ2v) is 8.79. The largest absolute Gasteiger partial charge is 0.329 e. The smallest absolute Gasteiger partial charge is 0.309 e. The van der Waals surface area contributed by atoms with E-state index >= 15 is 0 Å². The number of fused-ring (bicyclic) bond motifs is 2. The third-order valence-electron chi connectivity index (χ3n) is 5.57. The summed E-state index contributed by atoms with van der Waals surface area (Å²) >= 11 is 1.27. The average Bonchev–Trinajstić information content (AvgIpc) is 3.40. The number of benzene rings is 1. The quantitative estimate of drug-likeness (QED) is 0.698. The van der Waals surface area contributed by atoms with Gasteiger partial charge in [0.1, 0.15) is 5.03 Å². The summed E-state index contributed by atoms with van der Waals surface area (Å²) in [5.41, 5.74) is 6.65. The number of carbonyl (C=O) groups is 1. The molecule has 2 aliphatic rings. The van der Waals surface area contributed by atoms with Gasteiger partial charge in [-0.15, -0.1) is 0 Å². The van der Waals surface area contributed by atoms with Crippen molar-refractivity contribution in [2.75, 3.05) is 26.0 Å². The molecule has 0 unspecified atom stereocenters. The molecule has 0 saturated carbocycles. The molecule has 1 aromatic carbocycles. The van der Waals surface area contributed by atoms with Crippen molar-refractivity contribution in [1.82, 2.24) is 19.4 Å². The highest BCUT2D eigenvalue weighted by Crippen LogP contribution is 2.38. The van der Waals surface area contributed by atoms with Gasteiger partial charge in [-0.25, -0.2) is 4.79 Å².